The maximum Gasteiger partial charge on any atom is 0.128 e. The van der Waals surface area contributed by atoms with Crippen LogP contribution < -0.4 is 9.47 Å². The summed E-state index contributed by atoms with van der Waals surface area (Å²) in [5.74, 6) is 1.49. The third-order valence-electron chi connectivity index (χ3n) is 2.35. The predicted molar refractivity (Wildman–Crippen MR) is 68.0 cm³/mol. The van der Waals surface area contributed by atoms with Crippen LogP contribution in [0.2, 0.25) is 0 Å². The molecule has 17 heavy (non-hydrogen) atoms. The Bertz CT molecular complexity index is 581. The van der Waals surface area contributed by atoms with Crippen LogP contribution in [0.3, 0.4) is 0 Å². The van der Waals surface area contributed by atoms with E-state index in [-0.39, 0.29) is 0 Å². The van der Waals surface area contributed by atoms with Gasteiger partial charge in [-0.05, 0) is 18.2 Å². The van der Waals surface area contributed by atoms with Crippen LogP contribution >= 0.6 is 12.2 Å². The lowest BCUT2D eigenvalue weighted by Gasteiger charge is -2.10. The number of ether oxygens (including phenoxy) is 2. The fourth-order valence-electron chi connectivity index (χ4n) is 1.54. The molecular formula is C12H12N2O2S. The van der Waals surface area contributed by atoms with Gasteiger partial charge >= 0.3 is 0 Å². The first kappa shape index (κ1) is 11.6. The molecule has 0 spiro atoms. The van der Waals surface area contributed by atoms with Crippen LogP contribution in [-0.2, 0) is 0 Å². The highest BCUT2D eigenvalue weighted by Gasteiger charge is 2.08. The molecule has 1 aromatic carbocycles. The van der Waals surface area contributed by atoms with Gasteiger partial charge in [0.2, 0.25) is 0 Å². The molecule has 2 aromatic rings. The monoisotopic (exact) mass is 248 g/mol. The average molecular weight is 248 g/mol. The Hall–Kier alpha value is -1.88. The molecule has 0 aliphatic rings. The third-order valence-corrected chi connectivity index (χ3v) is 2.56. The summed E-state index contributed by atoms with van der Waals surface area (Å²) in [5, 5.41) is 0. The van der Waals surface area contributed by atoms with Gasteiger partial charge in [0.25, 0.3) is 0 Å². The molecule has 0 saturated heterocycles. The van der Waals surface area contributed by atoms with Crippen LogP contribution in [-0.4, -0.2) is 24.2 Å². The lowest BCUT2D eigenvalue weighted by atomic mass is 10.1. The maximum atomic E-state index is 5.30. The zero-order chi connectivity index (χ0) is 12.3. The van der Waals surface area contributed by atoms with Crippen molar-refractivity contribution in [2.24, 2.45) is 0 Å². The van der Waals surface area contributed by atoms with E-state index in [1.807, 2.05) is 18.2 Å². The molecule has 5 heteroatoms. The van der Waals surface area contributed by atoms with Gasteiger partial charge in [-0.15, -0.1) is 0 Å². The van der Waals surface area contributed by atoms with E-state index in [9.17, 15) is 0 Å². The van der Waals surface area contributed by atoms with Crippen molar-refractivity contribution in [3.63, 3.8) is 0 Å². The van der Waals surface area contributed by atoms with E-state index in [2.05, 4.69) is 9.97 Å². The minimum atomic E-state index is 0.576. The summed E-state index contributed by atoms with van der Waals surface area (Å²) in [6, 6.07) is 5.56. The van der Waals surface area contributed by atoms with Crippen molar-refractivity contribution >= 4 is 12.2 Å². The predicted octanol–water partition coefficient (Wildman–Crippen LogP) is 2.82. The van der Waals surface area contributed by atoms with Gasteiger partial charge < -0.3 is 14.5 Å². The van der Waals surface area contributed by atoms with E-state index < -0.39 is 0 Å². The molecular weight excluding hydrogens is 236 g/mol. The molecule has 88 valence electrons. The van der Waals surface area contributed by atoms with Crippen LogP contribution in [0.15, 0.2) is 30.6 Å². The summed E-state index contributed by atoms with van der Waals surface area (Å²) < 4.78 is 11.1. The van der Waals surface area contributed by atoms with Crippen LogP contribution in [0.25, 0.3) is 11.3 Å². The maximum absolute atomic E-state index is 5.30. The molecule has 1 N–H and O–H groups in total. The molecule has 0 fully saturated rings. The van der Waals surface area contributed by atoms with Crippen LogP contribution in [0, 0.1) is 4.64 Å². The van der Waals surface area contributed by atoms with E-state index in [1.165, 1.54) is 0 Å². The number of nitrogens with zero attached hydrogens (tertiary/aromatic N) is 1. The third kappa shape index (κ3) is 2.45. The Morgan fingerprint density at radius 2 is 2.00 bits per heavy atom. The summed E-state index contributed by atoms with van der Waals surface area (Å²) in [6.45, 7) is 0. The van der Waals surface area contributed by atoms with Crippen molar-refractivity contribution in [3.05, 3.63) is 35.2 Å². The van der Waals surface area contributed by atoms with E-state index in [4.69, 9.17) is 21.7 Å². The topological polar surface area (TPSA) is 47.1 Å². The highest BCUT2D eigenvalue weighted by Crippen LogP contribution is 2.31. The molecule has 0 aliphatic heterocycles. The van der Waals surface area contributed by atoms with Gasteiger partial charge in [-0.3, -0.25) is 4.98 Å². The van der Waals surface area contributed by atoms with Crippen LogP contribution in [0.5, 0.6) is 11.5 Å². The quantitative estimate of drug-likeness (QED) is 0.848. The van der Waals surface area contributed by atoms with Crippen molar-refractivity contribution in [2.75, 3.05) is 14.2 Å². The van der Waals surface area contributed by atoms with Crippen molar-refractivity contribution in [3.8, 4) is 22.8 Å². The van der Waals surface area contributed by atoms with E-state index in [0.29, 0.717) is 4.64 Å². The SMILES string of the molecule is COc1ccc(OC)c(-c2cncc(=S)[nH]2)c1. The number of aromatic amines is 1. The van der Waals surface area contributed by atoms with E-state index in [0.717, 1.165) is 22.8 Å². The molecule has 1 heterocycles. The summed E-state index contributed by atoms with van der Waals surface area (Å²) in [4.78, 5) is 7.13. The number of hydrogen-bond acceptors (Lipinski definition) is 4. The van der Waals surface area contributed by atoms with Gasteiger partial charge in [0.1, 0.15) is 16.1 Å². The molecule has 0 saturated carbocycles. The normalized spacial score (nSPS) is 10.0. The van der Waals surface area contributed by atoms with Crippen LogP contribution in [0.4, 0.5) is 0 Å². The highest BCUT2D eigenvalue weighted by atomic mass is 32.1. The fourth-order valence-corrected chi connectivity index (χ4v) is 1.71. The fraction of sp³-hybridized carbons (Fsp3) is 0.167. The zero-order valence-corrected chi connectivity index (χ0v) is 10.4. The lowest BCUT2D eigenvalue weighted by Crippen LogP contribution is -1.92. The van der Waals surface area contributed by atoms with Crippen LogP contribution in [0.1, 0.15) is 0 Å². The molecule has 4 nitrogen and oxygen atoms in total. The molecule has 0 radical (unpaired) electrons. The standard InChI is InChI=1S/C12H12N2O2S/c1-15-8-3-4-11(16-2)9(5-8)10-6-13-7-12(17)14-10/h3-7H,1-2H3,(H,14,17). The first-order valence-corrected chi connectivity index (χ1v) is 5.42. The molecule has 1 aromatic heterocycles. The Morgan fingerprint density at radius 1 is 1.18 bits per heavy atom. The van der Waals surface area contributed by atoms with Gasteiger partial charge in [0, 0.05) is 5.56 Å². The molecule has 0 atom stereocenters. The first-order valence-electron chi connectivity index (χ1n) is 5.01. The number of H-pyrrole nitrogens is 1. The zero-order valence-electron chi connectivity index (χ0n) is 9.56. The lowest BCUT2D eigenvalue weighted by molar-refractivity contribution is 0.404. The Labute approximate surface area is 104 Å². The average Bonchev–Trinajstić information content (AvgIpc) is 2.38. The number of nitrogens with one attached hydrogen (secondary N) is 1. The second kappa shape index (κ2) is 4.97. The first-order chi connectivity index (χ1) is 8.24. The molecule has 0 unspecified atom stereocenters. The number of benzene rings is 1. The van der Waals surface area contributed by atoms with Crippen molar-refractivity contribution in [2.45, 2.75) is 0 Å². The Morgan fingerprint density at radius 3 is 2.65 bits per heavy atom. The highest BCUT2D eigenvalue weighted by molar-refractivity contribution is 7.71. The van der Waals surface area contributed by atoms with Gasteiger partial charge in [0.15, 0.2) is 0 Å². The molecule has 2 rings (SSSR count). The number of hydrogen-bond donors (Lipinski definition) is 1. The van der Waals surface area contributed by atoms with Gasteiger partial charge in [-0.25, -0.2) is 0 Å². The summed E-state index contributed by atoms with van der Waals surface area (Å²) in [7, 11) is 3.24. The van der Waals surface area contributed by atoms with Gasteiger partial charge in [-0.1, -0.05) is 12.2 Å². The molecule has 0 bridgehead atoms. The second-order valence-electron chi connectivity index (χ2n) is 3.38. The second-order valence-corrected chi connectivity index (χ2v) is 3.82. The summed E-state index contributed by atoms with van der Waals surface area (Å²) in [5.41, 5.74) is 1.67. The Kier molecular flexibility index (Phi) is 3.39. The van der Waals surface area contributed by atoms with Crippen molar-refractivity contribution in [1.82, 2.24) is 9.97 Å². The van der Waals surface area contributed by atoms with Crippen molar-refractivity contribution < 1.29 is 9.47 Å². The van der Waals surface area contributed by atoms with Gasteiger partial charge in [0.05, 0.1) is 32.3 Å². The minimum absolute atomic E-state index is 0.576. The van der Waals surface area contributed by atoms with E-state index >= 15 is 0 Å². The summed E-state index contributed by atoms with van der Waals surface area (Å²) >= 11 is 5.05. The van der Waals surface area contributed by atoms with Crippen molar-refractivity contribution in [1.29, 1.82) is 0 Å². The minimum Gasteiger partial charge on any atom is -0.497 e. The Balaban J connectivity index is 2.59. The molecule has 0 aliphatic carbocycles. The van der Waals surface area contributed by atoms with Gasteiger partial charge in [-0.2, -0.15) is 0 Å². The number of rotatable bonds is 3. The number of methoxy groups -OCH3 is 2. The molecule has 0 amide bonds. The number of aromatic nitrogens is 2. The largest absolute Gasteiger partial charge is 0.497 e. The smallest absolute Gasteiger partial charge is 0.128 e. The summed E-state index contributed by atoms with van der Waals surface area (Å²) in [6.07, 6.45) is 3.29. The van der Waals surface area contributed by atoms with E-state index in [1.54, 1.807) is 26.6 Å².